The van der Waals surface area contributed by atoms with Gasteiger partial charge in [0.2, 0.25) is 0 Å². The van der Waals surface area contributed by atoms with Crippen molar-refractivity contribution in [3.8, 4) is 5.75 Å². The quantitative estimate of drug-likeness (QED) is 0.823. The van der Waals surface area contributed by atoms with E-state index in [1.807, 2.05) is 6.07 Å². The summed E-state index contributed by atoms with van der Waals surface area (Å²) in [5.41, 5.74) is 7.26. The molecule has 2 rings (SSSR count). The van der Waals surface area contributed by atoms with E-state index in [4.69, 9.17) is 10.5 Å². The van der Waals surface area contributed by atoms with E-state index in [0.717, 1.165) is 5.75 Å². The van der Waals surface area contributed by atoms with Crippen molar-refractivity contribution >= 4 is 0 Å². The van der Waals surface area contributed by atoms with E-state index < -0.39 is 0 Å². The van der Waals surface area contributed by atoms with E-state index >= 15 is 0 Å². The van der Waals surface area contributed by atoms with E-state index in [-0.39, 0.29) is 0 Å². The third-order valence-electron chi connectivity index (χ3n) is 3.48. The molecule has 15 heavy (non-hydrogen) atoms. The molecule has 0 saturated heterocycles. The largest absolute Gasteiger partial charge is 0.497 e. The Morgan fingerprint density at radius 3 is 2.73 bits per heavy atom. The fourth-order valence-corrected chi connectivity index (χ4v) is 2.26. The highest BCUT2D eigenvalue weighted by atomic mass is 16.5. The normalized spacial score (nSPS) is 26.9. The van der Waals surface area contributed by atoms with E-state index in [2.05, 4.69) is 25.1 Å². The van der Waals surface area contributed by atoms with E-state index in [9.17, 15) is 0 Å². The van der Waals surface area contributed by atoms with Gasteiger partial charge in [0, 0.05) is 6.04 Å². The molecule has 0 amide bonds. The molecule has 1 aromatic carbocycles. The minimum Gasteiger partial charge on any atom is -0.497 e. The number of ether oxygens (including phenoxy) is 1. The first-order valence-corrected chi connectivity index (χ1v) is 5.60. The Balaban J connectivity index is 2.00. The molecular formula is C13H19NO. The second kappa shape index (κ2) is 4.23. The van der Waals surface area contributed by atoms with Crippen molar-refractivity contribution in [3.63, 3.8) is 0 Å². The Kier molecular flexibility index (Phi) is 2.96. The van der Waals surface area contributed by atoms with Crippen LogP contribution in [0.5, 0.6) is 5.75 Å². The average Bonchev–Trinajstić information content (AvgIpc) is 2.15. The summed E-state index contributed by atoms with van der Waals surface area (Å²) in [6.07, 6.45) is 2.45. The van der Waals surface area contributed by atoms with Crippen LogP contribution < -0.4 is 10.5 Å². The van der Waals surface area contributed by atoms with Gasteiger partial charge in [0.15, 0.2) is 0 Å². The standard InChI is InChI=1S/C13H19NO/c1-9(14)11-6-12(7-11)10-4-3-5-13(8-10)15-2/h3-5,8-9,11-12H,6-7,14H2,1-2H3. The second-order valence-electron chi connectivity index (χ2n) is 4.56. The number of rotatable bonds is 3. The maximum absolute atomic E-state index is 5.87. The summed E-state index contributed by atoms with van der Waals surface area (Å²) in [5, 5.41) is 0. The summed E-state index contributed by atoms with van der Waals surface area (Å²) in [6.45, 7) is 2.10. The van der Waals surface area contributed by atoms with Gasteiger partial charge in [-0.2, -0.15) is 0 Å². The molecule has 2 heteroatoms. The molecule has 1 aliphatic carbocycles. The fraction of sp³-hybridized carbons (Fsp3) is 0.538. The van der Waals surface area contributed by atoms with Crippen molar-refractivity contribution in [2.75, 3.05) is 7.11 Å². The maximum atomic E-state index is 5.87. The van der Waals surface area contributed by atoms with Crippen LogP contribution in [0.4, 0.5) is 0 Å². The molecule has 1 fully saturated rings. The summed E-state index contributed by atoms with van der Waals surface area (Å²) >= 11 is 0. The Bertz CT molecular complexity index is 329. The Morgan fingerprint density at radius 1 is 1.40 bits per heavy atom. The monoisotopic (exact) mass is 205 g/mol. The van der Waals surface area contributed by atoms with Gasteiger partial charge in [-0.1, -0.05) is 12.1 Å². The van der Waals surface area contributed by atoms with Crippen LogP contribution in [-0.4, -0.2) is 13.2 Å². The van der Waals surface area contributed by atoms with Gasteiger partial charge in [0.25, 0.3) is 0 Å². The SMILES string of the molecule is COc1cccc(C2CC(C(C)N)C2)c1. The van der Waals surface area contributed by atoms with Crippen LogP contribution >= 0.6 is 0 Å². The Morgan fingerprint density at radius 2 is 2.13 bits per heavy atom. The summed E-state index contributed by atoms with van der Waals surface area (Å²) in [5.74, 6) is 2.36. The van der Waals surface area contributed by atoms with Crippen LogP contribution in [0.1, 0.15) is 31.2 Å². The third-order valence-corrected chi connectivity index (χ3v) is 3.48. The molecule has 1 aromatic rings. The minimum atomic E-state index is 0.340. The zero-order chi connectivity index (χ0) is 10.8. The minimum absolute atomic E-state index is 0.340. The first-order chi connectivity index (χ1) is 7.20. The van der Waals surface area contributed by atoms with E-state index in [1.165, 1.54) is 18.4 Å². The predicted molar refractivity (Wildman–Crippen MR) is 62.1 cm³/mol. The van der Waals surface area contributed by atoms with Crippen molar-refractivity contribution in [1.29, 1.82) is 0 Å². The maximum Gasteiger partial charge on any atom is 0.119 e. The smallest absolute Gasteiger partial charge is 0.119 e. The van der Waals surface area contributed by atoms with Gasteiger partial charge in [0.1, 0.15) is 5.75 Å². The van der Waals surface area contributed by atoms with Crippen LogP contribution in [0.3, 0.4) is 0 Å². The molecule has 0 radical (unpaired) electrons. The van der Waals surface area contributed by atoms with E-state index in [0.29, 0.717) is 17.9 Å². The molecule has 0 heterocycles. The van der Waals surface area contributed by atoms with Crippen molar-refractivity contribution in [2.45, 2.75) is 31.7 Å². The van der Waals surface area contributed by atoms with Crippen LogP contribution in [0.15, 0.2) is 24.3 Å². The highest BCUT2D eigenvalue weighted by Gasteiger charge is 2.32. The molecule has 0 aliphatic heterocycles. The van der Waals surface area contributed by atoms with Crippen molar-refractivity contribution in [3.05, 3.63) is 29.8 Å². The lowest BCUT2D eigenvalue weighted by atomic mass is 9.69. The topological polar surface area (TPSA) is 35.2 Å². The molecule has 1 atom stereocenters. The van der Waals surface area contributed by atoms with Gasteiger partial charge in [0.05, 0.1) is 7.11 Å². The zero-order valence-corrected chi connectivity index (χ0v) is 9.44. The number of nitrogens with two attached hydrogens (primary N) is 1. The molecule has 1 aliphatic rings. The number of methoxy groups -OCH3 is 1. The summed E-state index contributed by atoms with van der Waals surface area (Å²) in [7, 11) is 1.71. The molecule has 2 nitrogen and oxygen atoms in total. The van der Waals surface area contributed by atoms with Gasteiger partial charge >= 0.3 is 0 Å². The first-order valence-electron chi connectivity index (χ1n) is 5.60. The third kappa shape index (κ3) is 2.15. The lowest BCUT2D eigenvalue weighted by molar-refractivity contribution is 0.229. The van der Waals surface area contributed by atoms with Gasteiger partial charge < -0.3 is 10.5 Å². The molecule has 1 saturated carbocycles. The zero-order valence-electron chi connectivity index (χ0n) is 9.44. The Hall–Kier alpha value is -1.02. The van der Waals surface area contributed by atoms with Crippen LogP contribution in [0.2, 0.25) is 0 Å². The molecule has 1 unspecified atom stereocenters. The molecule has 0 spiro atoms. The number of hydrogen-bond acceptors (Lipinski definition) is 2. The molecule has 0 aromatic heterocycles. The Labute approximate surface area is 91.4 Å². The lowest BCUT2D eigenvalue weighted by Crippen LogP contribution is -2.36. The van der Waals surface area contributed by atoms with E-state index in [1.54, 1.807) is 7.11 Å². The fourth-order valence-electron chi connectivity index (χ4n) is 2.26. The van der Waals surface area contributed by atoms with Crippen molar-refractivity contribution in [2.24, 2.45) is 11.7 Å². The second-order valence-corrected chi connectivity index (χ2v) is 4.56. The van der Waals surface area contributed by atoms with Crippen LogP contribution in [0, 0.1) is 5.92 Å². The molecule has 2 N–H and O–H groups in total. The van der Waals surface area contributed by atoms with Crippen molar-refractivity contribution < 1.29 is 4.74 Å². The van der Waals surface area contributed by atoms with Crippen molar-refractivity contribution in [1.82, 2.24) is 0 Å². The summed E-state index contributed by atoms with van der Waals surface area (Å²) in [4.78, 5) is 0. The summed E-state index contributed by atoms with van der Waals surface area (Å²) < 4.78 is 5.22. The molecule has 82 valence electrons. The average molecular weight is 205 g/mol. The van der Waals surface area contributed by atoms with Gasteiger partial charge in [-0.25, -0.2) is 0 Å². The van der Waals surface area contributed by atoms with Crippen LogP contribution in [0.25, 0.3) is 0 Å². The van der Waals surface area contributed by atoms with Gasteiger partial charge in [-0.15, -0.1) is 0 Å². The lowest BCUT2D eigenvalue weighted by Gasteiger charge is -2.38. The predicted octanol–water partition coefficient (Wildman–Crippen LogP) is 2.54. The molecule has 0 bridgehead atoms. The highest BCUT2D eigenvalue weighted by molar-refractivity contribution is 5.32. The molecular weight excluding hydrogens is 186 g/mol. The van der Waals surface area contributed by atoms with Gasteiger partial charge in [-0.05, 0) is 49.3 Å². The first kappa shape index (κ1) is 10.5. The highest BCUT2D eigenvalue weighted by Crippen LogP contribution is 2.43. The number of hydrogen-bond donors (Lipinski definition) is 1. The number of benzene rings is 1. The van der Waals surface area contributed by atoms with Crippen LogP contribution in [-0.2, 0) is 0 Å². The van der Waals surface area contributed by atoms with Gasteiger partial charge in [-0.3, -0.25) is 0 Å². The summed E-state index contributed by atoms with van der Waals surface area (Å²) in [6, 6.07) is 8.72.